The molecule has 21 nitrogen and oxygen atoms in total. The van der Waals surface area contributed by atoms with E-state index in [9.17, 15) is 39.1 Å². The molecular weight excluding hydrogens is 1160 g/mol. The van der Waals surface area contributed by atoms with Gasteiger partial charge in [-0.15, -0.1) is 0 Å². The van der Waals surface area contributed by atoms with E-state index in [4.69, 9.17) is 37.9 Å². The van der Waals surface area contributed by atoms with Crippen molar-refractivity contribution < 1.29 is 77.0 Å². The Bertz CT molecular complexity index is 3000. The number of aryl methyl sites for hydroxylation is 2. The highest BCUT2D eigenvalue weighted by Gasteiger charge is 2.36. The number of aliphatic hydroxyl groups excluding tert-OH is 3. The number of nitrogens with one attached hydrogen (secondary N) is 3. The van der Waals surface area contributed by atoms with Crippen molar-refractivity contribution in [1.29, 1.82) is 0 Å². The summed E-state index contributed by atoms with van der Waals surface area (Å²) in [4.78, 5) is 8.44. The van der Waals surface area contributed by atoms with Crippen LogP contribution in [0.15, 0.2) is 108 Å². The maximum absolute atomic E-state index is 13.1. The Morgan fingerprint density at radius 2 is 0.966 bits per heavy atom. The molecule has 0 spiro atoms. The number of benzene rings is 4. The van der Waals surface area contributed by atoms with Gasteiger partial charge in [-0.25, -0.2) is 23.1 Å². The molecule has 5 heterocycles. The molecule has 488 valence electrons. The number of aliphatic hydroxyl groups is 3. The summed E-state index contributed by atoms with van der Waals surface area (Å²) in [5.74, 6) is 0.510. The van der Waals surface area contributed by atoms with Gasteiger partial charge in [0, 0.05) is 66.1 Å². The Kier molecular flexibility index (Phi) is 25.2. The molecule has 9 N–H and O–H groups in total. The fourth-order valence-corrected chi connectivity index (χ4v) is 13.2. The molecule has 0 saturated carbocycles. The molecule has 0 radical (unpaired) electrons. The second-order valence-electron chi connectivity index (χ2n) is 24.5. The monoisotopic (exact) mass is 1260 g/mol. The van der Waals surface area contributed by atoms with Crippen LogP contribution in [0.2, 0.25) is 0 Å². The Morgan fingerprint density at radius 3 is 1.49 bits per heavy atom. The van der Waals surface area contributed by atoms with Gasteiger partial charge in [0.2, 0.25) is 5.95 Å². The summed E-state index contributed by atoms with van der Waals surface area (Å²) in [6.07, 6.45) is 6.11. The number of rotatable bonds is 31. The van der Waals surface area contributed by atoms with E-state index in [0.717, 1.165) is 60.9 Å². The number of sulfonamides is 1. The van der Waals surface area contributed by atoms with Gasteiger partial charge >= 0.3 is 0 Å². The van der Waals surface area contributed by atoms with E-state index in [2.05, 4.69) is 32.2 Å². The van der Waals surface area contributed by atoms with Gasteiger partial charge in [0.05, 0.1) is 65.9 Å². The zero-order chi connectivity index (χ0) is 62.9. The number of nitrogens with zero attached hydrogens (tertiary/aromatic N) is 2. The zero-order valence-corrected chi connectivity index (χ0v) is 52.5. The Morgan fingerprint density at radius 1 is 0.528 bits per heavy atom. The molecule has 1 aromatic heterocycles. The van der Waals surface area contributed by atoms with Crippen molar-refractivity contribution in [1.82, 2.24) is 15.3 Å². The third-order valence-corrected chi connectivity index (χ3v) is 18.2. The minimum Gasteiger partial charge on any atom is -0.508 e. The average molecular weight is 1260 g/mol. The second-order valence-corrected chi connectivity index (χ2v) is 26.2. The van der Waals surface area contributed by atoms with Gasteiger partial charge in [-0.05, 0) is 184 Å². The third kappa shape index (κ3) is 21.5. The first-order valence-corrected chi connectivity index (χ1v) is 33.4. The topological polar surface area (TPSA) is 291 Å². The van der Waals surface area contributed by atoms with Gasteiger partial charge in [0.25, 0.3) is 10.0 Å². The first-order chi connectivity index (χ1) is 42.9. The first kappa shape index (κ1) is 67.8. The molecule has 89 heavy (non-hydrogen) atoms. The molecule has 4 aromatic carbocycles. The van der Waals surface area contributed by atoms with Crippen molar-refractivity contribution in [2.75, 3.05) is 23.1 Å². The first-order valence-electron chi connectivity index (χ1n) is 31.9. The Balaban J connectivity index is 0.749. The third-order valence-electron chi connectivity index (χ3n) is 16.9. The minimum atomic E-state index is -3.90. The van der Waals surface area contributed by atoms with Crippen molar-refractivity contribution in [3.63, 3.8) is 0 Å². The van der Waals surface area contributed by atoms with E-state index in [0.29, 0.717) is 95.0 Å². The molecule has 9 rings (SSSR count). The maximum atomic E-state index is 13.1. The number of aromatic nitrogens is 2. The normalized spacial score (nSPS) is 26.9. The summed E-state index contributed by atoms with van der Waals surface area (Å²) in [5, 5.41) is 70.2. The molecule has 0 amide bonds. The fraction of sp³-hybridized carbons (Fsp3) is 0.582. The average Bonchev–Trinajstić information content (AvgIpc) is 2.74. The number of ether oxygens (including phenoxy) is 8. The largest absolute Gasteiger partial charge is 0.508 e. The van der Waals surface area contributed by atoms with Crippen molar-refractivity contribution in [2.24, 2.45) is 0 Å². The van der Waals surface area contributed by atoms with Crippen molar-refractivity contribution in [3.05, 3.63) is 131 Å². The zero-order valence-electron chi connectivity index (χ0n) is 51.7. The predicted octanol–water partition coefficient (Wildman–Crippen LogP) is 10.7. The van der Waals surface area contributed by atoms with Gasteiger partial charge in [0.15, 0.2) is 25.2 Å². The maximum Gasteiger partial charge on any atom is 0.264 e. The van der Waals surface area contributed by atoms with Crippen LogP contribution in [0.5, 0.6) is 17.2 Å². The highest BCUT2D eigenvalue weighted by atomic mass is 32.2. The lowest BCUT2D eigenvalue weighted by Crippen LogP contribution is -2.46. The van der Waals surface area contributed by atoms with Crippen molar-refractivity contribution in [3.8, 4) is 17.2 Å². The SMILES string of the molecule is CCC1CC(CCCC2CC(CC(O)CCCC3CC(CCCC(O)CC4C[C@H](C)OC(c5ccc(O)cc5)O4)OC(c4ccc(O)cc4)O3)OC(CNC(O)CCCNc3ccc(S(=O)(=O)Nc4nc(C)cc(C)n4)cc3)O2)OC(c2ccc(O)cc2)O1. The number of aromatic hydroxyl groups is 3. The fourth-order valence-electron chi connectivity index (χ4n) is 12.3. The molecule has 5 aromatic rings. The second kappa shape index (κ2) is 33.1. The van der Waals surface area contributed by atoms with Gasteiger partial charge in [0.1, 0.15) is 23.5 Å². The Labute approximate surface area is 523 Å². The van der Waals surface area contributed by atoms with Gasteiger partial charge in [-0.3, -0.25) is 5.32 Å². The number of hydrogen-bond acceptors (Lipinski definition) is 20. The van der Waals surface area contributed by atoms with E-state index >= 15 is 0 Å². The van der Waals surface area contributed by atoms with Gasteiger partial charge in [-0.2, -0.15) is 0 Å². The lowest BCUT2D eigenvalue weighted by molar-refractivity contribution is -0.253. The van der Waals surface area contributed by atoms with Crippen LogP contribution in [0.4, 0.5) is 11.6 Å². The van der Waals surface area contributed by atoms with Gasteiger partial charge < -0.3 is 73.9 Å². The highest BCUT2D eigenvalue weighted by Crippen LogP contribution is 2.38. The van der Waals surface area contributed by atoms with E-state index in [-0.39, 0.29) is 83.5 Å². The number of anilines is 2. The number of phenols is 3. The Hall–Kier alpha value is -5.57. The molecule has 4 saturated heterocycles. The summed E-state index contributed by atoms with van der Waals surface area (Å²) in [6, 6.07) is 28.7. The standard InChI is InChI=1S/C67H93N5O16S/c1-5-54-38-56(85-65(84-54)46-19-27-50(74)28-20-46)15-8-14-55-40-60(83-63(82-55)41-69-62(78)16-9-33-68-48-23-31-61(32-24-48)89(79,80)72-67-70-42(2)34-43(3)71-67)37-53(77)11-7-13-58-39-57(86-66(87-58)47-21-29-51(75)30-22-47)12-6-10-52(76)36-59-35-44(4)81-64(88-59)45-17-25-49(73)26-18-45/h17-32,34,44,52-60,62-66,68-69,73-78H,5-16,33,35-41H2,1-4H3,(H,70,71,72)/t44-,52?,53?,54?,55?,56?,57?,58?,59?,60?,62?,63?,64?,65?,66?/m0/s1. The predicted molar refractivity (Wildman–Crippen MR) is 333 cm³/mol. The lowest BCUT2D eigenvalue weighted by Gasteiger charge is -2.38. The molecule has 4 aliphatic rings. The van der Waals surface area contributed by atoms with Crippen LogP contribution in [0.3, 0.4) is 0 Å². The smallest absolute Gasteiger partial charge is 0.264 e. The van der Waals surface area contributed by atoms with Crippen LogP contribution in [0, 0.1) is 13.8 Å². The van der Waals surface area contributed by atoms with Crippen LogP contribution in [-0.2, 0) is 47.9 Å². The number of phenolic OH excluding ortho intramolecular Hbond substituents is 3. The van der Waals surface area contributed by atoms with Gasteiger partial charge in [-0.1, -0.05) is 43.3 Å². The van der Waals surface area contributed by atoms with E-state index in [1.807, 2.05) is 19.1 Å². The molecule has 15 atom stereocenters. The summed E-state index contributed by atoms with van der Waals surface area (Å²) in [5.41, 5.74) is 4.50. The van der Waals surface area contributed by atoms with Crippen molar-refractivity contribution >= 4 is 21.7 Å². The molecule has 4 aliphatic heterocycles. The quantitative estimate of drug-likeness (QED) is 0.0147. The number of hydrogen-bond donors (Lipinski definition) is 9. The molecule has 0 bridgehead atoms. The summed E-state index contributed by atoms with van der Waals surface area (Å²) >= 11 is 0. The van der Waals surface area contributed by atoms with Crippen LogP contribution in [-0.4, -0.2) is 136 Å². The summed E-state index contributed by atoms with van der Waals surface area (Å²) in [7, 11) is -3.90. The van der Waals surface area contributed by atoms with E-state index in [1.165, 1.54) is 12.1 Å². The molecular formula is C67H93N5O16S. The molecule has 14 unspecified atom stereocenters. The molecule has 0 aliphatic carbocycles. The molecule has 22 heteroatoms. The lowest BCUT2D eigenvalue weighted by atomic mass is 9.95. The van der Waals surface area contributed by atoms with Crippen LogP contribution >= 0.6 is 0 Å². The highest BCUT2D eigenvalue weighted by molar-refractivity contribution is 7.92. The minimum absolute atomic E-state index is 0.0154. The van der Waals surface area contributed by atoms with Crippen molar-refractivity contribution in [2.45, 2.75) is 241 Å². The summed E-state index contributed by atoms with van der Waals surface area (Å²) in [6.45, 7) is 8.40. The van der Waals surface area contributed by atoms with E-state index in [1.54, 1.807) is 92.7 Å². The molecule has 4 fully saturated rings. The summed E-state index contributed by atoms with van der Waals surface area (Å²) < 4.78 is 79.8. The van der Waals surface area contributed by atoms with Crippen LogP contribution in [0.25, 0.3) is 0 Å². The van der Waals surface area contributed by atoms with Crippen LogP contribution < -0.4 is 15.4 Å². The van der Waals surface area contributed by atoms with Crippen LogP contribution in [0.1, 0.15) is 176 Å². The van der Waals surface area contributed by atoms with E-state index < -0.39 is 53.6 Å².